The third-order valence-corrected chi connectivity index (χ3v) is 4.09. The molecule has 6 nitrogen and oxygen atoms in total. The predicted molar refractivity (Wildman–Crippen MR) is 90.3 cm³/mol. The van der Waals surface area contributed by atoms with Crippen LogP contribution in [0.3, 0.4) is 0 Å². The van der Waals surface area contributed by atoms with Crippen molar-refractivity contribution in [3.8, 4) is 0 Å². The SMILES string of the molecule is O=C(COC(=O)C1CC1c1ccc(F)cc1)NNC(=O)c1ccccc1. The minimum Gasteiger partial charge on any atom is -0.455 e. The molecule has 1 fully saturated rings. The number of nitrogens with one attached hydrogen (secondary N) is 2. The molecule has 1 aliphatic carbocycles. The Kier molecular flexibility index (Phi) is 5.26. The summed E-state index contributed by atoms with van der Waals surface area (Å²) in [5.41, 5.74) is 5.69. The van der Waals surface area contributed by atoms with Crippen LogP contribution in [0.5, 0.6) is 0 Å². The van der Waals surface area contributed by atoms with Crippen LogP contribution in [0.2, 0.25) is 0 Å². The van der Waals surface area contributed by atoms with Gasteiger partial charge in [0.1, 0.15) is 5.82 Å². The minimum absolute atomic E-state index is 0.0102. The lowest BCUT2D eigenvalue weighted by Gasteiger charge is -2.08. The molecule has 0 spiro atoms. The molecule has 3 rings (SSSR count). The first-order chi connectivity index (χ1) is 12.5. The second kappa shape index (κ2) is 7.77. The molecule has 2 unspecified atom stereocenters. The number of benzene rings is 2. The first kappa shape index (κ1) is 17.6. The minimum atomic E-state index is -0.637. The molecule has 0 bridgehead atoms. The van der Waals surface area contributed by atoms with E-state index >= 15 is 0 Å². The number of amides is 2. The van der Waals surface area contributed by atoms with Gasteiger partial charge in [0.2, 0.25) is 0 Å². The smallest absolute Gasteiger partial charge is 0.310 e. The Balaban J connectivity index is 1.39. The maximum Gasteiger partial charge on any atom is 0.310 e. The van der Waals surface area contributed by atoms with Crippen molar-refractivity contribution in [2.24, 2.45) is 5.92 Å². The van der Waals surface area contributed by atoms with Gasteiger partial charge in [0.25, 0.3) is 11.8 Å². The van der Waals surface area contributed by atoms with Gasteiger partial charge in [-0.1, -0.05) is 30.3 Å². The average molecular weight is 356 g/mol. The number of ether oxygens (including phenoxy) is 1. The normalized spacial score (nSPS) is 17.9. The van der Waals surface area contributed by atoms with Crippen molar-refractivity contribution in [1.29, 1.82) is 0 Å². The number of esters is 1. The number of hydrogen-bond acceptors (Lipinski definition) is 4. The number of halogens is 1. The van der Waals surface area contributed by atoms with E-state index in [1.807, 2.05) is 0 Å². The highest BCUT2D eigenvalue weighted by Gasteiger charge is 2.45. The van der Waals surface area contributed by atoms with Gasteiger partial charge in [-0.15, -0.1) is 0 Å². The average Bonchev–Trinajstić information content (AvgIpc) is 3.46. The van der Waals surface area contributed by atoms with E-state index in [9.17, 15) is 18.8 Å². The summed E-state index contributed by atoms with van der Waals surface area (Å²) in [5.74, 6) is -2.26. The van der Waals surface area contributed by atoms with E-state index in [0.29, 0.717) is 12.0 Å². The summed E-state index contributed by atoms with van der Waals surface area (Å²) in [7, 11) is 0. The van der Waals surface area contributed by atoms with Crippen LogP contribution in [0.4, 0.5) is 4.39 Å². The molecule has 0 saturated heterocycles. The number of hydrogen-bond donors (Lipinski definition) is 2. The lowest BCUT2D eigenvalue weighted by atomic mass is 10.1. The standard InChI is InChI=1S/C19H17FN2O4/c20-14-8-6-12(7-9-14)15-10-16(15)19(25)26-11-17(23)21-22-18(24)13-4-2-1-3-5-13/h1-9,15-16H,10-11H2,(H,21,23)(H,22,24). The van der Waals surface area contributed by atoms with Crippen LogP contribution in [-0.4, -0.2) is 24.4 Å². The van der Waals surface area contributed by atoms with E-state index in [1.54, 1.807) is 42.5 Å². The third-order valence-electron chi connectivity index (χ3n) is 4.09. The Morgan fingerprint density at radius 2 is 1.69 bits per heavy atom. The molecule has 134 valence electrons. The largest absolute Gasteiger partial charge is 0.455 e. The van der Waals surface area contributed by atoms with Gasteiger partial charge in [-0.05, 0) is 42.2 Å². The Morgan fingerprint density at radius 1 is 1.00 bits per heavy atom. The first-order valence-electron chi connectivity index (χ1n) is 8.11. The van der Waals surface area contributed by atoms with Crippen molar-refractivity contribution < 1.29 is 23.5 Å². The molecular weight excluding hydrogens is 339 g/mol. The fraction of sp³-hybridized carbons (Fsp3) is 0.211. The highest BCUT2D eigenvalue weighted by molar-refractivity contribution is 5.95. The fourth-order valence-corrected chi connectivity index (χ4v) is 2.60. The molecule has 2 aromatic rings. The lowest BCUT2D eigenvalue weighted by molar-refractivity contribution is -0.150. The zero-order valence-electron chi connectivity index (χ0n) is 13.8. The number of carbonyl (C=O) groups is 3. The maximum absolute atomic E-state index is 12.9. The lowest BCUT2D eigenvalue weighted by Crippen LogP contribution is -2.43. The molecule has 2 aromatic carbocycles. The topological polar surface area (TPSA) is 84.5 Å². The summed E-state index contributed by atoms with van der Waals surface area (Å²) in [6.45, 7) is -0.486. The molecule has 26 heavy (non-hydrogen) atoms. The van der Waals surface area contributed by atoms with Crippen molar-refractivity contribution in [2.45, 2.75) is 12.3 Å². The molecule has 2 N–H and O–H groups in total. The van der Waals surface area contributed by atoms with Crippen molar-refractivity contribution >= 4 is 17.8 Å². The van der Waals surface area contributed by atoms with Crippen LogP contribution in [0.1, 0.15) is 28.3 Å². The van der Waals surface area contributed by atoms with Crippen molar-refractivity contribution in [1.82, 2.24) is 10.9 Å². The van der Waals surface area contributed by atoms with E-state index in [-0.39, 0.29) is 17.7 Å². The quantitative estimate of drug-likeness (QED) is 0.633. The van der Waals surface area contributed by atoms with Gasteiger partial charge in [-0.25, -0.2) is 4.39 Å². The molecule has 1 saturated carbocycles. The second-order valence-electron chi connectivity index (χ2n) is 5.98. The van der Waals surface area contributed by atoms with Crippen LogP contribution in [0.25, 0.3) is 0 Å². The summed E-state index contributed by atoms with van der Waals surface area (Å²) in [4.78, 5) is 35.4. The van der Waals surface area contributed by atoms with E-state index < -0.39 is 24.4 Å². The number of rotatable bonds is 5. The van der Waals surface area contributed by atoms with E-state index in [4.69, 9.17) is 4.74 Å². The molecular formula is C19H17FN2O4. The third kappa shape index (κ3) is 4.44. The Bertz CT molecular complexity index is 808. The molecule has 1 aliphatic rings. The maximum atomic E-state index is 12.9. The van der Waals surface area contributed by atoms with Gasteiger partial charge in [0.15, 0.2) is 6.61 Å². The molecule has 2 amide bonds. The van der Waals surface area contributed by atoms with Gasteiger partial charge in [-0.3, -0.25) is 25.2 Å². The van der Waals surface area contributed by atoms with Crippen LogP contribution in [0.15, 0.2) is 54.6 Å². The highest BCUT2D eigenvalue weighted by Crippen LogP contribution is 2.48. The summed E-state index contributed by atoms with van der Waals surface area (Å²) in [6.07, 6.45) is 0.608. The summed E-state index contributed by atoms with van der Waals surface area (Å²) >= 11 is 0. The molecule has 0 radical (unpaired) electrons. The molecule has 2 atom stereocenters. The number of carbonyl (C=O) groups excluding carboxylic acids is 3. The monoisotopic (exact) mass is 356 g/mol. The zero-order valence-corrected chi connectivity index (χ0v) is 13.8. The van der Waals surface area contributed by atoms with E-state index in [2.05, 4.69) is 10.9 Å². The van der Waals surface area contributed by atoms with E-state index in [1.165, 1.54) is 12.1 Å². The fourth-order valence-electron chi connectivity index (χ4n) is 2.60. The van der Waals surface area contributed by atoms with Crippen molar-refractivity contribution in [3.05, 3.63) is 71.5 Å². The molecule has 7 heteroatoms. The van der Waals surface area contributed by atoms with Gasteiger partial charge in [-0.2, -0.15) is 0 Å². The Morgan fingerprint density at radius 3 is 2.38 bits per heavy atom. The van der Waals surface area contributed by atoms with Gasteiger partial charge < -0.3 is 4.74 Å². The van der Waals surface area contributed by atoms with Crippen LogP contribution in [-0.2, 0) is 14.3 Å². The Labute approximate surface area is 149 Å². The van der Waals surface area contributed by atoms with Crippen molar-refractivity contribution in [2.75, 3.05) is 6.61 Å². The molecule has 0 aliphatic heterocycles. The zero-order chi connectivity index (χ0) is 18.5. The summed E-state index contributed by atoms with van der Waals surface area (Å²) in [5, 5.41) is 0. The van der Waals surface area contributed by atoms with Crippen LogP contribution < -0.4 is 10.9 Å². The number of hydrazine groups is 1. The molecule has 0 aromatic heterocycles. The first-order valence-corrected chi connectivity index (χ1v) is 8.11. The van der Waals surface area contributed by atoms with Gasteiger partial charge in [0.05, 0.1) is 5.92 Å². The van der Waals surface area contributed by atoms with Crippen LogP contribution in [0, 0.1) is 11.7 Å². The second-order valence-corrected chi connectivity index (χ2v) is 5.98. The van der Waals surface area contributed by atoms with Gasteiger partial charge >= 0.3 is 5.97 Å². The van der Waals surface area contributed by atoms with Crippen LogP contribution >= 0.6 is 0 Å². The molecule has 0 heterocycles. The summed E-state index contributed by atoms with van der Waals surface area (Å²) in [6, 6.07) is 14.3. The van der Waals surface area contributed by atoms with E-state index in [0.717, 1.165) is 5.56 Å². The summed E-state index contributed by atoms with van der Waals surface area (Å²) < 4.78 is 17.9. The van der Waals surface area contributed by atoms with Gasteiger partial charge in [0, 0.05) is 5.56 Å². The Hall–Kier alpha value is -3.22. The highest BCUT2D eigenvalue weighted by atomic mass is 19.1. The van der Waals surface area contributed by atoms with Crippen molar-refractivity contribution in [3.63, 3.8) is 0 Å². The predicted octanol–water partition coefficient (Wildman–Crippen LogP) is 1.93.